The summed E-state index contributed by atoms with van der Waals surface area (Å²) in [5, 5.41) is 4.45. The van der Waals surface area contributed by atoms with Crippen molar-refractivity contribution in [2.75, 3.05) is 20.2 Å². The molecule has 0 aliphatic rings. The van der Waals surface area contributed by atoms with Crippen LogP contribution >= 0.6 is 11.3 Å². The molecular weight excluding hydrogens is 623 g/mol. The molecule has 2 N–H and O–H groups in total. The second-order valence-corrected chi connectivity index (χ2v) is 15.7. The molecule has 0 saturated carbocycles. The molecule has 0 spiro atoms. The van der Waals surface area contributed by atoms with Crippen LogP contribution in [0.2, 0.25) is 0 Å². The number of hydrogen-bond donors (Lipinski definition) is 2. The summed E-state index contributed by atoms with van der Waals surface area (Å²) in [5.74, 6) is -1.20. The first-order valence-corrected chi connectivity index (χ1v) is 18.2. The molecule has 1 heterocycles. The van der Waals surface area contributed by atoms with Crippen LogP contribution < -0.4 is 10.0 Å². The standard InChI is InChI=1S/C31H41N3O7S3/c1-23(2)22-34(44(39,40)26-17-15-24(3)16-18-26)28(31(36)41-4)13-8-9-19-32-30(35)27(21-25-11-6-5-7-12-25)33-43(37,38)29-14-10-20-42-29/h5-7,10-12,14-18,20,23,27-28,33H,8-9,13,19,21-22H2,1-4H3,(H,32,35)/t27-,28-/m0/s1. The molecule has 13 heteroatoms. The number of benzene rings is 2. The summed E-state index contributed by atoms with van der Waals surface area (Å²) >= 11 is 1.06. The summed E-state index contributed by atoms with van der Waals surface area (Å²) in [4.78, 5) is 26.2. The maximum absolute atomic E-state index is 13.6. The van der Waals surface area contributed by atoms with Crippen LogP contribution in [0.3, 0.4) is 0 Å². The van der Waals surface area contributed by atoms with Crippen LogP contribution in [0.15, 0.2) is 81.2 Å². The first-order chi connectivity index (χ1) is 20.8. The molecule has 0 fully saturated rings. The third kappa shape index (κ3) is 9.96. The smallest absolute Gasteiger partial charge is 0.324 e. The van der Waals surface area contributed by atoms with Crippen LogP contribution in [0.5, 0.6) is 0 Å². The van der Waals surface area contributed by atoms with Gasteiger partial charge in [0.2, 0.25) is 15.9 Å². The first-order valence-electron chi connectivity index (χ1n) is 14.4. The average molecular weight is 664 g/mol. The Balaban J connectivity index is 1.68. The monoisotopic (exact) mass is 663 g/mol. The first kappa shape index (κ1) is 35.4. The Labute approximate surface area is 264 Å². The van der Waals surface area contributed by atoms with E-state index < -0.39 is 44.0 Å². The number of carbonyl (C=O) groups is 2. The number of nitrogens with one attached hydrogen (secondary N) is 2. The molecule has 0 unspecified atom stereocenters. The minimum absolute atomic E-state index is 0.0545. The maximum atomic E-state index is 13.6. The number of thiophene rings is 1. The highest BCUT2D eigenvalue weighted by atomic mass is 32.2. The third-order valence-corrected chi connectivity index (χ3v) is 11.6. The van der Waals surface area contributed by atoms with Crippen molar-refractivity contribution >= 4 is 43.3 Å². The van der Waals surface area contributed by atoms with Gasteiger partial charge < -0.3 is 10.1 Å². The van der Waals surface area contributed by atoms with Crippen molar-refractivity contribution in [2.24, 2.45) is 5.92 Å². The number of hydrogen-bond acceptors (Lipinski definition) is 8. The second-order valence-electron chi connectivity index (χ2n) is 10.9. The van der Waals surface area contributed by atoms with Crippen molar-refractivity contribution in [2.45, 2.75) is 67.6 Å². The molecule has 2 atom stereocenters. The van der Waals surface area contributed by atoms with E-state index in [4.69, 9.17) is 4.74 Å². The summed E-state index contributed by atoms with van der Waals surface area (Å²) in [6.07, 6.45) is 1.17. The molecule has 1 amide bonds. The average Bonchev–Trinajstić information content (AvgIpc) is 3.54. The van der Waals surface area contributed by atoms with Gasteiger partial charge >= 0.3 is 5.97 Å². The quantitative estimate of drug-likeness (QED) is 0.164. The molecule has 0 bridgehead atoms. The summed E-state index contributed by atoms with van der Waals surface area (Å²) in [7, 11) is -6.68. The molecule has 0 aliphatic carbocycles. The second kappa shape index (κ2) is 16.3. The highest BCUT2D eigenvalue weighted by Crippen LogP contribution is 2.24. The molecule has 1 aromatic heterocycles. The molecule has 44 heavy (non-hydrogen) atoms. The Morgan fingerprint density at radius 2 is 1.61 bits per heavy atom. The zero-order chi connectivity index (χ0) is 32.3. The van der Waals surface area contributed by atoms with E-state index in [2.05, 4.69) is 10.0 Å². The fourth-order valence-corrected chi connectivity index (χ4v) is 8.59. The van der Waals surface area contributed by atoms with Crippen molar-refractivity contribution in [1.29, 1.82) is 0 Å². The molecule has 2 aromatic carbocycles. The van der Waals surface area contributed by atoms with Gasteiger partial charge in [0.25, 0.3) is 10.0 Å². The van der Waals surface area contributed by atoms with Crippen molar-refractivity contribution in [1.82, 2.24) is 14.3 Å². The van der Waals surface area contributed by atoms with Crippen molar-refractivity contribution < 1.29 is 31.2 Å². The predicted octanol–water partition coefficient (Wildman–Crippen LogP) is 4.12. The van der Waals surface area contributed by atoms with Crippen LogP contribution in [-0.2, 0) is 40.8 Å². The van der Waals surface area contributed by atoms with Crippen LogP contribution in [0.1, 0.15) is 44.2 Å². The number of aryl methyl sites for hydroxylation is 1. The van der Waals surface area contributed by atoms with E-state index in [0.717, 1.165) is 22.5 Å². The Hall–Kier alpha value is -3.10. The molecule has 240 valence electrons. The van der Waals surface area contributed by atoms with Crippen molar-refractivity contribution in [3.63, 3.8) is 0 Å². The van der Waals surface area contributed by atoms with Crippen LogP contribution in [0.4, 0.5) is 0 Å². The molecule has 3 rings (SSSR count). The maximum Gasteiger partial charge on any atom is 0.324 e. The molecule has 0 aliphatic heterocycles. The van der Waals surface area contributed by atoms with E-state index in [1.165, 1.54) is 29.6 Å². The molecular formula is C31H41N3O7S3. The van der Waals surface area contributed by atoms with Gasteiger partial charge in [0, 0.05) is 13.1 Å². The van der Waals surface area contributed by atoms with Gasteiger partial charge in [-0.25, -0.2) is 16.8 Å². The minimum Gasteiger partial charge on any atom is -0.468 e. The van der Waals surface area contributed by atoms with Crippen LogP contribution in [0, 0.1) is 12.8 Å². The zero-order valence-electron chi connectivity index (χ0n) is 25.4. The SMILES string of the molecule is COC(=O)[C@H](CCCCNC(=O)[C@H](Cc1ccccc1)NS(=O)(=O)c1cccs1)N(CC(C)C)S(=O)(=O)c1ccc(C)cc1. The summed E-state index contributed by atoms with van der Waals surface area (Å²) in [6, 6.07) is 16.6. The van der Waals surface area contributed by atoms with Crippen molar-refractivity contribution in [3.05, 3.63) is 83.2 Å². The molecule has 3 aromatic rings. The van der Waals surface area contributed by atoms with Crippen molar-refractivity contribution in [3.8, 4) is 0 Å². The van der Waals surface area contributed by atoms with E-state index in [0.29, 0.717) is 12.8 Å². The summed E-state index contributed by atoms with van der Waals surface area (Å²) in [6.45, 7) is 5.94. The number of carbonyl (C=O) groups excluding carboxylic acids is 2. The Morgan fingerprint density at radius 3 is 2.20 bits per heavy atom. The molecule has 0 radical (unpaired) electrons. The summed E-state index contributed by atoms with van der Waals surface area (Å²) in [5.41, 5.74) is 1.71. The van der Waals surface area contributed by atoms with E-state index in [1.807, 2.05) is 51.1 Å². The van der Waals surface area contributed by atoms with E-state index in [-0.39, 0.29) is 41.0 Å². The normalized spacial score (nSPS) is 13.5. The van der Waals surface area contributed by atoms with E-state index in [1.54, 1.807) is 23.6 Å². The van der Waals surface area contributed by atoms with Gasteiger partial charge in [-0.15, -0.1) is 11.3 Å². The minimum atomic E-state index is -4.00. The third-order valence-electron chi connectivity index (χ3n) is 6.85. The number of rotatable bonds is 17. The largest absolute Gasteiger partial charge is 0.468 e. The van der Waals surface area contributed by atoms with Gasteiger partial charge in [-0.3, -0.25) is 9.59 Å². The van der Waals surface area contributed by atoms with Crippen LogP contribution in [0.25, 0.3) is 0 Å². The molecule has 0 saturated heterocycles. The number of unbranched alkanes of at least 4 members (excludes halogenated alkanes) is 1. The Bertz CT molecular complexity index is 1560. The number of nitrogens with zero attached hydrogens (tertiary/aromatic N) is 1. The number of sulfonamides is 2. The fourth-order valence-electron chi connectivity index (χ4n) is 4.61. The van der Waals surface area contributed by atoms with Gasteiger partial charge in [-0.05, 0) is 67.7 Å². The fraction of sp³-hybridized carbons (Fsp3) is 0.419. The lowest BCUT2D eigenvalue weighted by Gasteiger charge is -2.30. The number of esters is 1. The van der Waals surface area contributed by atoms with Gasteiger partial charge in [-0.1, -0.05) is 67.9 Å². The van der Waals surface area contributed by atoms with E-state index >= 15 is 0 Å². The Kier molecular flexibility index (Phi) is 13.1. The highest BCUT2D eigenvalue weighted by molar-refractivity contribution is 7.91. The predicted molar refractivity (Wildman–Crippen MR) is 171 cm³/mol. The number of amides is 1. The number of methoxy groups -OCH3 is 1. The van der Waals surface area contributed by atoms with Gasteiger partial charge in [-0.2, -0.15) is 9.03 Å². The van der Waals surface area contributed by atoms with Gasteiger partial charge in [0.05, 0.1) is 12.0 Å². The number of ether oxygens (including phenoxy) is 1. The van der Waals surface area contributed by atoms with Gasteiger partial charge in [0.15, 0.2) is 0 Å². The Morgan fingerprint density at radius 1 is 0.932 bits per heavy atom. The van der Waals surface area contributed by atoms with E-state index in [9.17, 15) is 26.4 Å². The van der Waals surface area contributed by atoms with Crippen LogP contribution in [-0.4, -0.2) is 65.3 Å². The lowest BCUT2D eigenvalue weighted by atomic mass is 10.1. The highest BCUT2D eigenvalue weighted by Gasteiger charge is 2.36. The lowest BCUT2D eigenvalue weighted by Crippen LogP contribution is -2.48. The topological polar surface area (TPSA) is 139 Å². The summed E-state index contributed by atoms with van der Waals surface area (Å²) < 4.78 is 62.0. The van der Waals surface area contributed by atoms with Gasteiger partial charge in [0.1, 0.15) is 16.3 Å². The zero-order valence-corrected chi connectivity index (χ0v) is 27.9. The lowest BCUT2D eigenvalue weighted by molar-refractivity contribution is -0.145. The molecule has 10 nitrogen and oxygen atoms in total.